The van der Waals surface area contributed by atoms with E-state index < -0.39 is 0 Å². The Labute approximate surface area is 93.4 Å². The molecule has 3 heteroatoms. The zero-order chi connectivity index (χ0) is 10.4. The van der Waals surface area contributed by atoms with Gasteiger partial charge in [-0.25, -0.2) is 0 Å². The Morgan fingerprint density at radius 3 is 2.71 bits per heavy atom. The smallest absolute Gasteiger partial charge is 0.122 e. The van der Waals surface area contributed by atoms with Crippen LogP contribution in [-0.2, 0) is 4.74 Å². The highest BCUT2D eigenvalue weighted by atomic mass is 79.9. The van der Waals surface area contributed by atoms with Crippen LogP contribution in [0, 0.1) is 6.92 Å². The van der Waals surface area contributed by atoms with Crippen molar-refractivity contribution in [1.82, 2.24) is 0 Å². The van der Waals surface area contributed by atoms with Crippen LogP contribution in [0.1, 0.15) is 12.0 Å². The summed E-state index contributed by atoms with van der Waals surface area (Å²) in [6, 6.07) is 6.01. The van der Waals surface area contributed by atoms with E-state index in [9.17, 15) is 0 Å². The van der Waals surface area contributed by atoms with E-state index in [4.69, 9.17) is 9.47 Å². The molecule has 0 aliphatic heterocycles. The molecular formula is C11H15BrO2. The number of ether oxygens (including phenoxy) is 2. The van der Waals surface area contributed by atoms with E-state index in [2.05, 4.69) is 15.9 Å². The second-order valence-electron chi connectivity index (χ2n) is 3.10. The largest absolute Gasteiger partial charge is 0.493 e. The van der Waals surface area contributed by atoms with Crippen LogP contribution in [0.5, 0.6) is 5.75 Å². The highest BCUT2D eigenvalue weighted by Crippen LogP contribution is 2.22. The van der Waals surface area contributed by atoms with Crippen LogP contribution in [0.2, 0.25) is 0 Å². The van der Waals surface area contributed by atoms with Gasteiger partial charge in [-0.15, -0.1) is 0 Å². The van der Waals surface area contributed by atoms with Crippen molar-refractivity contribution in [3.63, 3.8) is 0 Å². The molecule has 1 rings (SSSR count). The first-order chi connectivity index (χ1) is 6.74. The van der Waals surface area contributed by atoms with Crippen LogP contribution < -0.4 is 4.74 Å². The number of rotatable bonds is 5. The first-order valence-electron chi connectivity index (χ1n) is 4.62. The first kappa shape index (κ1) is 11.5. The molecule has 0 heterocycles. The van der Waals surface area contributed by atoms with Gasteiger partial charge in [0.25, 0.3) is 0 Å². The number of hydrogen-bond acceptors (Lipinski definition) is 2. The number of benzene rings is 1. The van der Waals surface area contributed by atoms with Gasteiger partial charge in [-0.2, -0.15) is 0 Å². The maximum absolute atomic E-state index is 5.59. The standard InChI is InChI=1S/C11H15BrO2/c1-9-8-10(12)4-5-11(9)14-7-3-6-13-2/h4-5,8H,3,6-7H2,1-2H3. The molecule has 0 spiro atoms. The molecule has 0 aliphatic carbocycles. The lowest BCUT2D eigenvalue weighted by molar-refractivity contribution is 0.172. The van der Waals surface area contributed by atoms with E-state index in [1.165, 1.54) is 0 Å². The van der Waals surface area contributed by atoms with Gasteiger partial charge in [-0.05, 0) is 30.7 Å². The second-order valence-corrected chi connectivity index (χ2v) is 4.02. The summed E-state index contributed by atoms with van der Waals surface area (Å²) in [6.07, 6.45) is 0.923. The van der Waals surface area contributed by atoms with Gasteiger partial charge in [-0.3, -0.25) is 0 Å². The fourth-order valence-corrected chi connectivity index (χ4v) is 1.64. The van der Waals surface area contributed by atoms with Crippen molar-refractivity contribution in [1.29, 1.82) is 0 Å². The molecule has 0 saturated carbocycles. The minimum absolute atomic E-state index is 0.705. The average Bonchev–Trinajstić information content (AvgIpc) is 2.15. The van der Waals surface area contributed by atoms with Crippen molar-refractivity contribution in [3.8, 4) is 5.75 Å². The SMILES string of the molecule is COCCCOc1ccc(Br)cc1C. The summed E-state index contributed by atoms with van der Waals surface area (Å²) < 4.78 is 11.6. The summed E-state index contributed by atoms with van der Waals surface area (Å²) in [6.45, 7) is 3.49. The fourth-order valence-electron chi connectivity index (χ4n) is 1.16. The third-order valence-electron chi connectivity index (χ3n) is 1.89. The van der Waals surface area contributed by atoms with E-state index in [1.807, 2.05) is 25.1 Å². The Bertz CT molecular complexity index is 287. The van der Waals surface area contributed by atoms with Crippen LogP contribution in [0.25, 0.3) is 0 Å². The molecule has 78 valence electrons. The molecule has 14 heavy (non-hydrogen) atoms. The molecule has 0 fully saturated rings. The predicted octanol–water partition coefficient (Wildman–Crippen LogP) is 3.17. The van der Waals surface area contributed by atoms with Crippen molar-refractivity contribution in [2.24, 2.45) is 0 Å². The zero-order valence-electron chi connectivity index (χ0n) is 8.55. The van der Waals surface area contributed by atoms with E-state index in [-0.39, 0.29) is 0 Å². The number of methoxy groups -OCH3 is 1. The number of aryl methyl sites for hydroxylation is 1. The van der Waals surface area contributed by atoms with Gasteiger partial charge in [-0.1, -0.05) is 15.9 Å². The van der Waals surface area contributed by atoms with Gasteiger partial charge in [0.15, 0.2) is 0 Å². The molecule has 2 nitrogen and oxygen atoms in total. The van der Waals surface area contributed by atoms with Crippen LogP contribution in [0.3, 0.4) is 0 Å². The Kier molecular flexibility index (Phi) is 4.98. The average molecular weight is 259 g/mol. The monoisotopic (exact) mass is 258 g/mol. The van der Waals surface area contributed by atoms with E-state index in [0.29, 0.717) is 6.61 Å². The normalized spacial score (nSPS) is 10.2. The summed E-state index contributed by atoms with van der Waals surface area (Å²) in [5.41, 5.74) is 1.15. The van der Waals surface area contributed by atoms with Gasteiger partial charge in [0.05, 0.1) is 6.61 Å². The summed E-state index contributed by atoms with van der Waals surface area (Å²) in [5.74, 6) is 0.948. The minimum Gasteiger partial charge on any atom is -0.493 e. The quantitative estimate of drug-likeness (QED) is 0.756. The molecule has 0 saturated heterocycles. The minimum atomic E-state index is 0.705. The lowest BCUT2D eigenvalue weighted by atomic mass is 10.2. The topological polar surface area (TPSA) is 18.5 Å². The lowest BCUT2D eigenvalue weighted by Gasteiger charge is -2.08. The molecule has 0 aliphatic rings. The fraction of sp³-hybridized carbons (Fsp3) is 0.455. The maximum Gasteiger partial charge on any atom is 0.122 e. The van der Waals surface area contributed by atoms with Crippen LogP contribution >= 0.6 is 15.9 Å². The highest BCUT2D eigenvalue weighted by molar-refractivity contribution is 9.10. The summed E-state index contributed by atoms with van der Waals surface area (Å²) in [7, 11) is 1.70. The van der Waals surface area contributed by atoms with E-state index in [1.54, 1.807) is 7.11 Å². The molecule has 0 bridgehead atoms. The van der Waals surface area contributed by atoms with Crippen LogP contribution in [-0.4, -0.2) is 20.3 Å². The van der Waals surface area contributed by atoms with Gasteiger partial charge in [0.1, 0.15) is 5.75 Å². The molecule has 0 unspecified atom stereocenters. The highest BCUT2D eigenvalue weighted by Gasteiger charge is 1.99. The van der Waals surface area contributed by atoms with Gasteiger partial charge < -0.3 is 9.47 Å². The Balaban J connectivity index is 2.42. The third-order valence-corrected chi connectivity index (χ3v) is 2.38. The molecule has 1 aromatic carbocycles. The molecule has 0 aromatic heterocycles. The Morgan fingerprint density at radius 1 is 1.29 bits per heavy atom. The molecule has 0 atom stereocenters. The molecular weight excluding hydrogens is 244 g/mol. The maximum atomic E-state index is 5.59. The van der Waals surface area contributed by atoms with Crippen molar-refractivity contribution in [2.45, 2.75) is 13.3 Å². The zero-order valence-corrected chi connectivity index (χ0v) is 10.1. The molecule has 0 N–H and O–H groups in total. The molecule has 1 aromatic rings. The molecule has 0 radical (unpaired) electrons. The first-order valence-corrected chi connectivity index (χ1v) is 5.41. The van der Waals surface area contributed by atoms with Crippen molar-refractivity contribution >= 4 is 15.9 Å². The number of hydrogen-bond donors (Lipinski definition) is 0. The van der Waals surface area contributed by atoms with Crippen LogP contribution in [0.15, 0.2) is 22.7 Å². The Hall–Kier alpha value is -0.540. The van der Waals surface area contributed by atoms with Gasteiger partial charge >= 0.3 is 0 Å². The van der Waals surface area contributed by atoms with E-state index in [0.717, 1.165) is 28.8 Å². The number of halogens is 1. The van der Waals surface area contributed by atoms with Crippen molar-refractivity contribution < 1.29 is 9.47 Å². The summed E-state index contributed by atoms with van der Waals surface area (Å²) in [4.78, 5) is 0. The second kappa shape index (κ2) is 6.04. The summed E-state index contributed by atoms with van der Waals surface area (Å²) >= 11 is 3.41. The predicted molar refractivity (Wildman–Crippen MR) is 60.9 cm³/mol. The van der Waals surface area contributed by atoms with Gasteiger partial charge in [0.2, 0.25) is 0 Å². The van der Waals surface area contributed by atoms with Crippen molar-refractivity contribution in [3.05, 3.63) is 28.2 Å². The van der Waals surface area contributed by atoms with Crippen molar-refractivity contribution in [2.75, 3.05) is 20.3 Å². The van der Waals surface area contributed by atoms with Gasteiger partial charge in [0, 0.05) is 24.6 Å². The van der Waals surface area contributed by atoms with E-state index >= 15 is 0 Å². The Morgan fingerprint density at radius 2 is 2.07 bits per heavy atom. The third kappa shape index (κ3) is 3.68. The molecule has 0 amide bonds. The lowest BCUT2D eigenvalue weighted by Crippen LogP contribution is -2.02. The van der Waals surface area contributed by atoms with Crippen LogP contribution in [0.4, 0.5) is 0 Å². The summed E-state index contributed by atoms with van der Waals surface area (Å²) in [5, 5.41) is 0.